The molecule has 110 valence electrons. The Kier molecular flexibility index (Phi) is 3.87. The second-order valence-corrected chi connectivity index (χ2v) is 5.08. The van der Waals surface area contributed by atoms with Gasteiger partial charge in [0, 0.05) is 32.4 Å². The van der Waals surface area contributed by atoms with Crippen LogP contribution >= 0.6 is 0 Å². The number of pyridine rings is 1. The van der Waals surface area contributed by atoms with Crippen molar-refractivity contribution >= 4 is 5.91 Å². The number of furan rings is 1. The van der Waals surface area contributed by atoms with E-state index < -0.39 is 0 Å². The van der Waals surface area contributed by atoms with Gasteiger partial charge in [0.2, 0.25) is 0 Å². The van der Waals surface area contributed by atoms with Gasteiger partial charge in [-0.1, -0.05) is 0 Å². The Hall–Kier alpha value is -2.34. The predicted octanol–water partition coefficient (Wildman–Crippen LogP) is 1.34. The third-order valence-corrected chi connectivity index (χ3v) is 3.59. The fourth-order valence-corrected chi connectivity index (χ4v) is 2.46. The van der Waals surface area contributed by atoms with Crippen molar-refractivity contribution in [2.75, 3.05) is 26.2 Å². The van der Waals surface area contributed by atoms with Crippen molar-refractivity contribution in [2.45, 2.75) is 6.54 Å². The molecule has 2 aromatic rings. The van der Waals surface area contributed by atoms with Crippen LogP contribution in [0, 0.1) is 0 Å². The number of piperazine rings is 1. The molecule has 1 aliphatic rings. The van der Waals surface area contributed by atoms with Crippen LogP contribution in [-0.2, 0) is 6.54 Å². The van der Waals surface area contributed by atoms with Crippen LogP contribution in [0.1, 0.15) is 16.1 Å². The molecule has 6 heteroatoms. The van der Waals surface area contributed by atoms with Crippen LogP contribution < -0.4 is 0 Å². The fraction of sp³-hybridized carbons (Fsp3) is 0.333. The van der Waals surface area contributed by atoms with E-state index in [9.17, 15) is 9.90 Å². The summed E-state index contributed by atoms with van der Waals surface area (Å²) in [5.74, 6) is 0.861. The quantitative estimate of drug-likeness (QED) is 0.922. The predicted molar refractivity (Wildman–Crippen MR) is 75.8 cm³/mol. The lowest BCUT2D eigenvalue weighted by atomic mass is 10.2. The smallest absolute Gasteiger partial charge is 0.255 e. The van der Waals surface area contributed by atoms with E-state index in [1.807, 2.05) is 12.1 Å². The second kappa shape index (κ2) is 5.97. The van der Waals surface area contributed by atoms with Gasteiger partial charge in [-0.3, -0.25) is 14.7 Å². The van der Waals surface area contributed by atoms with E-state index in [0.29, 0.717) is 18.7 Å². The number of nitrogens with zero attached hydrogens (tertiary/aromatic N) is 3. The summed E-state index contributed by atoms with van der Waals surface area (Å²) >= 11 is 0. The lowest BCUT2D eigenvalue weighted by molar-refractivity contribution is 0.0619. The van der Waals surface area contributed by atoms with Crippen molar-refractivity contribution in [1.29, 1.82) is 0 Å². The molecule has 0 aromatic carbocycles. The Bertz CT molecular complexity index is 604. The van der Waals surface area contributed by atoms with Crippen molar-refractivity contribution in [2.24, 2.45) is 0 Å². The molecule has 0 spiro atoms. The summed E-state index contributed by atoms with van der Waals surface area (Å²) in [7, 11) is 0. The molecule has 3 rings (SSSR count). The molecule has 1 aliphatic heterocycles. The number of amides is 1. The third kappa shape index (κ3) is 3.22. The monoisotopic (exact) mass is 287 g/mol. The van der Waals surface area contributed by atoms with Crippen LogP contribution in [0.15, 0.2) is 41.3 Å². The van der Waals surface area contributed by atoms with Gasteiger partial charge in [-0.05, 0) is 18.2 Å². The summed E-state index contributed by atoms with van der Waals surface area (Å²) in [5.41, 5.74) is 0.425. The number of carbonyl (C=O) groups is 1. The normalized spacial score (nSPS) is 16.1. The minimum absolute atomic E-state index is 0.0114. The zero-order chi connectivity index (χ0) is 14.7. The molecule has 0 atom stereocenters. The standard InChI is InChI=1S/C15H17N3O3/c19-13-8-12(9-16-10-13)15(20)18-5-3-17(4-6-18)11-14-2-1-7-21-14/h1-2,7-10,19H,3-6,11H2. The molecule has 2 aromatic heterocycles. The molecule has 0 bridgehead atoms. The van der Waals surface area contributed by atoms with Crippen LogP contribution in [-0.4, -0.2) is 52.0 Å². The number of aromatic nitrogens is 1. The molecular formula is C15H17N3O3. The van der Waals surface area contributed by atoms with Crippen LogP contribution in [0.5, 0.6) is 5.75 Å². The zero-order valence-corrected chi connectivity index (χ0v) is 11.6. The zero-order valence-electron chi connectivity index (χ0n) is 11.6. The second-order valence-electron chi connectivity index (χ2n) is 5.08. The van der Waals surface area contributed by atoms with Gasteiger partial charge in [-0.2, -0.15) is 0 Å². The van der Waals surface area contributed by atoms with Crippen molar-refractivity contribution in [3.63, 3.8) is 0 Å². The van der Waals surface area contributed by atoms with Crippen molar-refractivity contribution in [3.05, 3.63) is 48.2 Å². The van der Waals surface area contributed by atoms with E-state index in [1.54, 1.807) is 11.2 Å². The first-order valence-electron chi connectivity index (χ1n) is 6.90. The first kappa shape index (κ1) is 13.6. The first-order valence-corrected chi connectivity index (χ1v) is 6.90. The fourth-order valence-electron chi connectivity index (χ4n) is 2.46. The molecule has 1 N–H and O–H groups in total. The highest BCUT2D eigenvalue weighted by Gasteiger charge is 2.22. The molecule has 0 unspecified atom stereocenters. The Morgan fingerprint density at radius 2 is 2.10 bits per heavy atom. The van der Waals surface area contributed by atoms with E-state index in [-0.39, 0.29) is 11.7 Å². The minimum atomic E-state index is -0.0870. The minimum Gasteiger partial charge on any atom is -0.506 e. The lowest BCUT2D eigenvalue weighted by Gasteiger charge is -2.34. The Labute approximate surface area is 122 Å². The lowest BCUT2D eigenvalue weighted by Crippen LogP contribution is -2.48. The van der Waals surface area contributed by atoms with Gasteiger partial charge in [0.1, 0.15) is 11.5 Å². The third-order valence-electron chi connectivity index (χ3n) is 3.59. The van der Waals surface area contributed by atoms with E-state index in [1.165, 1.54) is 18.5 Å². The number of aromatic hydroxyl groups is 1. The number of rotatable bonds is 3. The Balaban J connectivity index is 1.57. The van der Waals surface area contributed by atoms with Gasteiger partial charge in [-0.15, -0.1) is 0 Å². The van der Waals surface area contributed by atoms with Crippen molar-refractivity contribution in [3.8, 4) is 5.75 Å². The molecule has 6 nitrogen and oxygen atoms in total. The Morgan fingerprint density at radius 3 is 2.76 bits per heavy atom. The van der Waals surface area contributed by atoms with Gasteiger partial charge in [0.05, 0.1) is 24.6 Å². The summed E-state index contributed by atoms with van der Waals surface area (Å²) in [4.78, 5) is 20.2. The number of hydrogen-bond donors (Lipinski definition) is 1. The van der Waals surface area contributed by atoms with Gasteiger partial charge in [-0.25, -0.2) is 0 Å². The summed E-state index contributed by atoms with van der Waals surface area (Å²) in [5, 5.41) is 9.39. The number of hydrogen-bond acceptors (Lipinski definition) is 5. The van der Waals surface area contributed by atoms with Gasteiger partial charge >= 0.3 is 0 Å². The van der Waals surface area contributed by atoms with E-state index in [4.69, 9.17) is 4.42 Å². The van der Waals surface area contributed by atoms with Gasteiger partial charge < -0.3 is 14.4 Å². The molecule has 0 saturated carbocycles. The van der Waals surface area contributed by atoms with Crippen molar-refractivity contribution in [1.82, 2.24) is 14.8 Å². The molecular weight excluding hydrogens is 270 g/mol. The topological polar surface area (TPSA) is 69.8 Å². The Morgan fingerprint density at radius 1 is 1.29 bits per heavy atom. The maximum Gasteiger partial charge on any atom is 0.255 e. The van der Waals surface area contributed by atoms with Crippen molar-refractivity contribution < 1.29 is 14.3 Å². The molecule has 1 saturated heterocycles. The summed E-state index contributed by atoms with van der Waals surface area (Å²) in [6.07, 6.45) is 4.47. The molecule has 3 heterocycles. The first-order chi connectivity index (χ1) is 10.2. The maximum atomic E-state index is 12.3. The highest BCUT2D eigenvalue weighted by molar-refractivity contribution is 5.94. The largest absolute Gasteiger partial charge is 0.506 e. The van der Waals surface area contributed by atoms with E-state index in [2.05, 4.69) is 9.88 Å². The molecule has 1 amide bonds. The SMILES string of the molecule is O=C(c1cncc(O)c1)N1CCN(Cc2ccco2)CC1. The summed E-state index contributed by atoms with van der Waals surface area (Å²) < 4.78 is 5.33. The van der Waals surface area contributed by atoms with E-state index in [0.717, 1.165) is 25.4 Å². The molecule has 0 aliphatic carbocycles. The van der Waals surface area contributed by atoms with Gasteiger partial charge in [0.15, 0.2) is 0 Å². The molecule has 0 radical (unpaired) electrons. The van der Waals surface area contributed by atoms with Crippen LogP contribution in [0.4, 0.5) is 0 Å². The molecule has 21 heavy (non-hydrogen) atoms. The molecule has 1 fully saturated rings. The highest BCUT2D eigenvalue weighted by Crippen LogP contribution is 2.14. The number of carbonyl (C=O) groups excluding carboxylic acids is 1. The summed E-state index contributed by atoms with van der Waals surface area (Å²) in [6, 6.07) is 5.28. The summed E-state index contributed by atoms with van der Waals surface area (Å²) in [6.45, 7) is 3.70. The van der Waals surface area contributed by atoms with Crippen LogP contribution in [0.3, 0.4) is 0 Å². The maximum absolute atomic E-state index is 12.3. The highest BCUT2D eigenvalue weighted by atomic mass is 16.3. The van der Waals surface area contributed by atoms with E-state index >= 15 is 0 Å². The van der Waals surface area contributed by atoms with Crippen LogP contribution in [0.25, 0.3) is 0 Å². The average Bonchev–Trinajstić information content (AvgIpc) is 3.00. The average molecular weight is 287 g/mol. The van der Waals surface area contributed by atoms with Gasteiger partial charge in [0.25, 0.3) is 5.91 Å². The van der Waals surface area contributed by atoms with Crippen LogP contribution in [0.2, 0.25) is 0 Å².